The molecular formula is C14H13NOS. The smallest absolute Gasteiger partial charge is 0.134 e. The maximum Gasteiger partial charge on any atom is 0.134 e. The molecule has 3 aromatic rings. The van der Waals surface area contributed by atoms with Gasteiger partial charge in [-0.2, -0.15) is 0 Å². The van der Waals surface area contributed by atoms with E-state index in [1.165, 1.54) is 4.88 Å². The molecule has 0 bridgehead atoms. The van der Waals surface area contributed by atoms with Crippen molar-refractivity contribution in [1.82, 2.24) is 5.32 Å². The van der Waals surface area contributed by atoms with Gasteiger partial charge in [0.2, 0.25) is 0 Å². The van der Waals surface area contributed by atoms with Gasteiger partial charge in [0.1, 0.15) is 17.4 Å². The molecule has 0 aliphatic carbocycles. The molecule has 1 N–H and O–H groups in total. The molecule has 1 aromatic carbocycles. The number of thiophene rings is 1. The molecule has 0 spiro atoms. The third-order valence-corrected chi connectivity index (χ3v) is 3.78. The van der Waals surface area contributed by atoms with E-state index in [0.29, 0.717) is 0 Å². The molecule has 3 heteroatoms. The number of fused-ring (bicyclic) bond motifs is 1. The summed E-state index contributed by atoms with van der Waals surface area (Å²) in [5, 5.41) is 6.54. The second-order valence-electron chi connectivity index (χ2n) is 3.92. The van der Waals surface area contributed by atoms with E-state index in [-0.39, 0.29) is 6.04 Å². The fraction of sp³-hybridized carbons (Fsp3) is 0.143. The molecule has 0 radical (unpaired) electrons. The summed E-state index contributed by atoms with van der Waals surface area (Å²) < 4.78 is 5.89. The summed E-state index contributed by atoms with van der Waals surface area (Å²) in [7, 11) is 1.96. The minimum atomic E-state index is 0.141. The average Bonchev–Trinajstić information content (AvgIpc) is 2.98. The first-order chi connectivity index (χ1) is 8.38. The fourth-order valence-corrected chi connectivity index (χ4v) is 2.87. The van der Waals surface area contributed by atoms with Crippen molar-refractivity contribution >= 4 is 22.3 Å². The SMILES string of the molecule is CNC(c1cc2ccccc2o1)c1cccs1. The van der Waals surface area contributed by atoms with Crippen LogP contribution < -0.4 is 5.32 Å². The first-order valence-corrected chi connectivity index (χ1v) is 6.45. The standard InChI is InChI=1S/C14H13NOS/c1-15-14(13-7-4-8-17-13)12-9-10-5-2-3-6-11(10)16-12/h2-9,14-15H,1H3. The van der Waals surface area contributed by atoms with Crippen molar-refractivity contribution in [1.29, 1.82) is 0 Å². The first-order valence-electron chi connectivity index (χ1n) is 5.57. The topological polar surface area (TPSA) is 25.2 Å². The Labute approximate surface area is 104 Å². The molecule has 0 fully saturated rings. The van der Waals surface area contributed by atoms with Gasteiger partial charge in [-0.05, 0) is 30.6 Å². The van der Waals surface area contributed by atoms with Crippen molar-refractivity contribution in [3.63, 3.8) is 0 Å². The summed E-state index contributed by atoms with van der Waals surface area (Å²) in [5.74, 6) is 0.969. The van der Waals surface area contributed by atoms with Gasteiger partial charge >= 0.3 is 0 Å². The van der Waals surface area contributed by atoms with Gasteiger partial charge in [0.25, 0.3) is 0 Å². The fourth-order valence-electron chi connectivity index (χ4n) is 2.02. The molecule has 2 nitrogen and oxygen atoms in total. The molecule has 86 valence electrons. The van der Waals surface area contributed by atoms with Crippen LogP contribution in [0.3, 0.4) is 0 Å². The average molecular weight is 243 g/mol. The molecule has 0 saturated carbocycles. The molecule has 2 heterocycles. The maximum absolute atomic E-state index is 5.89. The second-order valence-corrected chi connectivity index (χ2v) is 4.90. The lowest BCUT2D eigenvalue weighted by atomic mass is 10.1. The number of furan rings is 1. The molecule has 2 aromatic heterocycles. The van der Waals surface area contributed by atoms with Crippen molar-refractivity contribution in [3.05, 3.63) is 58.5 Å². The predicted octanol–water partition coefficient (Wildman–Crippen LogP) is 3.80. The van der Waals surface area contributed by atoms with Gasteiger partial charge in [-0.1, -0.05) is 24.3 Å². The number of rotatable bonds is 3. The van der Waals surface area contributed by atoms with Gasteiger partial charge in [0, 0.05) is 10.3 Å². The minimum Gasteiger partial charge on any atom is -0.459 e. The Morgan fingerprint density at radius 2 is 2.06 bits per heavy atom. The van der Waals surface area contributed by atoms with Crippen molar-refractivity contribution in [3.8, 4) is 0 Å². The Balaban J connectivity index is 2.07. The highest BCUT2D eigenvalue weighted by atomic mass is 32.1. The summed E-state index contributed by atoms with van der Waals surface area (Å²) >= 11 is 1.74. The Kier molecular flexibility index (Phi) is 2.71. The van der Waals surface area contributed by atoms with Crippen LogP contribution in [-0.4, -0.2) is 7.05 Å². The van der Waals surface area contributed by atoms with Crippen molar-refractivity contribution in [2.45, 2.75) is 6.04 Å². The highest BCUT2D eigenvalue weighted by Crippen LogP contribution is 2.30. The van der Waals surface area contributed by atoms with Crippen molar-refractivity contribution < 1.29 is 4.42 Å². The summed E-state index contributed by atoms with van der Waals surface area (Å²) in [5.41, 5.74) is 0.944. The number of hydrogen-bond acceptors (Lipinski definition) is 3. The van der Waals surface area contributed by atoms with E-state index in [9.17, 15) is 0 Å². The third-order valence-electron chi connectivity index (χ3n) is 2.85. The van der Waals surface area contributed by atoms with Gasteiger partial charge in [-0.25, -0.2) is 0 Å². The molecule has 1 unspecified atom stereocenters. The Morgan fingerprint density at radius 3 is 2.76 bits per heavy atom. The van der Waals surface area contributed by atoms with Crippen LogP contribution in [0.1, 0.15) is 16.7 Å². The van der Waals surface area contributed by atoms with Crippen LogP contribution in [0, 0.1) is 0 Å². The number of nitrogens with one attached hydrogen (secondary N) is 1. The van der Waals surface area contributed by atoms with E-state index in [1.54, 1.807) is 11.3 Å². The molecule has 0 aliphatic rings. The van der Waals surface area contributed by atoms with E-state index in [0.717, 1.165) is 16.7 Å². The monoisotopic (exact) mass is 243 g/mol. The van der Waals surface area contributed by atoms with Crippen LogP contribution in [0.15, 0.2) is 52.3 Å². The lowest BCUT2D eigenvalue weighted by Crippen LogP contribution is -2.15. The first kappa shape index (κ1) is 10.6. The summed E-state index contributed by atoms with van der Waals surface area (Å²) in [6, 6.07) is 14.5. The lowest BCUT2D eigenvalue weighted by molar-refractivity contribution is 0.495. The third kappa shape index (κ3) is 1.88. The van der Waals surface area contributed by atoms with E-state index in [2.05, 4.69) is 35.0 Å². The summed E-state index contributed by atoms with van der Waals surface area (Å²) in [6.07, 6.45) is 0. The van der Waals surface area contributed by atoms with Crippen molar-refractivity contribution in [2.24, 2.45) is 0 Å². The van der Waals surface area contributed by atoms with Gasteiger partial charge in [-0.15, -0.1) is 11.3 Å². The molecule has 0 saturated heterocycles. The quantitative estimate of drug-likeness (QED) is 0.757. The Morgan fingerprint density at radius 1 is 1.18 bits per heavy atom. The van der Waals surface area contributed by atoms with E-state index < -0.39 is 0 Å². The highest BCUT2D eigenvalue weighted by molar-refractivity contribution is 7.10. The van der Waals surface area contributed by atoms with Crippen LogP contribution in [0.5, 0.6) is 0 Å². The zero-order valence-corrected chi connectivity index (χ0v) is 10.3. The Hall–Kier alpha value is -1.58. The van der Waals surface area contributed by atoms with Crippen LogP contribution in [0.25, 0.3) is 11.0 Å². The molecule has 1 atom stereocenters. The Bertz CT molecular complexity index is 579. The molecule has 3 rings (SSSR count). The molecule has 17 heavy (non-hydrogen) atoms. The molecule has 0 aliphatic heterocycles. The number of hydrogen-bond donors (Lipinski definition) is 1. The van der Waals surface area contributed by atoms with Gasteiger partial charge in [0.15, 0.2) is 0 Å². The van der Waals surface area contributed by atoms with Gasteiger partial charge in [-0.3, -0.25) is 0 Å². The zero-order valence-electron chi connectivity index (χ0n) is 9.51. The summed E-state index contributed by atoms with van der Waals surface area (Å²) in [4.78, 5) is 1.27. The highest BCUT2D eigenvalue weighted by Gasteiger charge is 2.17. The maximum atomic E-state index is 5.89. The number of para-hydroxylation sites is 1. The van der Waals surface area contributed by atoms with E-state index in [1.807, 2.05) is 25.2 Å². The zero-order chi connectivity index (χ0) is 11.7. The number of benzene rings is 1. The van der Waals surface area contributed by atoms with Crippen molar-refractivity contribution in [2.75, 3.05) is 7.05 Å². The molecular weight excluding hydrogens is 230 g/mol. The van der Waals surface area contributed by atoms with Gasteiger partial charge in [0.05, 0.1) is 0 Å². The van der Waals surface area contributed by atoms with Gasteiger partial charge < -0.3 is 9.73 Å². The van der Waals surface area contributed by atoms with Crippen LogP contribution in [-0.2, 0) is 0 Å². The van der Waals surface area contributed by atoms with Crippen LogP contribution >= 0.6 is 11.3 Å². The second kappa shape index (κ2) is 4.35. The van der Waals surface area contributed by atoms with E-state index in [4.69, 9.17) is 4.42 Å². The van der Waals surface area contributed by atoms with Crippen LogP contribution in [0.4, 0.5) is 0 Å². The largest absolute Gasteiger partial charge is 0.459 e. The predicted molar refractivity (Wildman–Crippen MR) is 71.4 cm³/mol. The van der Waals surface area contributed by atoms with Crippen LogP contribution in [0.2, 0.25) is 0 Å². The minimum absolute atomic E-state index is 0.141. The normalized spacial score (nSPS) is 13.0. The molecule has 0 amide bonds. The lowest BCUT2D eigenvalue weighted by Gasteiger charge is -2.10. The van der Waals surface area contributed by atoms with E-state index >= 15 is 0 Å². The summed E-state index contributed by atoms with van der Waals surface area (Å²) in [6.45, 7) is 0.